The highest BCUT2D eigenvalue weighted by atomic mass is 79.9. The fraction of sp³-hybridized carbons (Fsp3) is 0.167. The number of fused-ring (bicyclic) bond motifs is 1. The van der Waals surface area contributed by atoms with Gasteiger partial charge in [0.15, 0.2) is 5.60 Å². The Morgan fingerprint density at radius 3 is 2.52 bits per heavy atom. The van der Waals surface area contributed by atoms with Crippen LogP contribution >= 0.6 is 15.9 Å². The van der Waals surface area contributed by atoms with Gasteiger partial charge in [0.25, 0.3) is 5.91 Å². The van der Waals surface area contributed by atoms with E-state index in [1.54, 1.807) is 25.1 Å². The van der Waals surface area contributed by atoms with Crippen LogP contribution in [-0.4, -0.2) is 28.6 Å². The lowest BCUT2D eigenvalue weighted by Crippen LogP contribution is -2.48. The summed E-state index contributed by atoms with van der Waals surface area (Å²) >= 11 is 3.31. The molecule has 0 aliphatic carbocycles. The van der Waals surface area contributed by atoms with Gasteiger partial charge < -0.3 is 15.2 Å². The molecule has 0 bridgehead atoms. The molecular weight excluding hydrogens is 390 g/mol. The molecular formula is C18H14BrNO5. The number of rotatable bonds is 3. The monoisotopic (exact) mass is 403 g/mol. The van der Waals surface area contributed by atoms with Crippen molar-refractivity contribution in [2.75, 3.05) is 5.32 Å². The van der Waals surface area contributed by atoms with Gasteiger partial charge in [-0.05, 0) is 48.9 Å². The van der Waals surface area contributed by atoms with Gasteiger partial charge in [0.05, 0.1) is 11.1 Å². The first-order chi connectivity index (χ1) is 11.8. The average molecular weight is 404 g/mol. The van der Waals surface area contributed by atoms with Gasteiger partial charge >= 0.3 is 11.9 Å². The van der Waals surface area contributed by atoms with E-state index in [0.29, 0.717) is 11.3 Å². The van der Waals surface area contributed by atoms with Gasteiger partial charge in [0, 0.05) is 16.6 Å². The molecule has 128 valence electrons. The number of anilines is 1. The minimum atomic E-state index is -1.34. The van der Waals surface area contributed by atoms with E-state index in [2.05, 4.69) is 21.2 Å². The summed E-state index contributed by atoms with van der Waals surface area (Å²) in [6, 6.07) is 11.0. The van der Waals surface area contributed by atoms with Crippen molar-refractivity contribution < 1.29 is 24.2 Å². The van der Waals surface area contributed by atoms with E-state index in [1.807, 2.05) is 0 Å². The largest absolute Gasteiger partial charge is 0.478 e. The van der Waals surface area contributed by atoms with Gasteiger partial charge in [-0.1, -0.05) is 22.0 Å². The van der Waals surface area contributed by atoms with E-state index in [-0.39, 0.29) is 12.0 Å². The van der Waals surface area contributed by atoms with Crippen molar-refractivity contribution in [3.05, 3.63) is 63.6 Å². The molecule has 1 heterocycles. The number of ether oxygens (including phenoxy) is 1. The van der Waals surface area contributed by atoms with Crippen LogP contribution in [0.25, 0.3) is 0 Å². The lowest BCUT2D eigenvalue weighted by molar-refractivity contribution is -0.134. The number of cyclic esters (lactones) is 1. The fourth-order valence-electron chi connectivity index (χ4n) is 2.64. The Bertz CT molecular complexity index is 878. The molecule has 1 aliphatic rings. The molecule has 0 saturated heterocycles. The third kappa shape index (κ3) is 3.41. The molecule has 1 amide bonds. The lowest BCUT2D eigenvalue weighted by Gasteiger charge is -2.33. The van der Waals surface area contributed by atoms with E-state index < -0.39 is 23.4 Å². The summed E-state index contributed by atoms with van der Waals surface area (Å²) in [5, 5.41) is 11.6. The Kier molecular flexibility index (Phi) is 4.34. The van der Waals surface area contributed by atoms with E-state index in [9.17, 15) is 14.4 Å². The Balaban J connectivity index is 1.81. The molecule has 7 heteroatoms. The first-order valence-electron chi connectivity index (χ1n) is 7.45. The molecule has 0 fully saturated rings. The Morgan fingerprint density at radius 2 is 1.88 bits per heavy atom. The second kappa shape index (κ2) is 6.33. The zero-order valence-corrected chi connectivity index (χ0v) is 14.8. The molecule has 0 spiro atoms. The first kappa shape index (κ1) is 17.2. The van der Waals surface area contributed by atoms with Crippen LogP contribution in [0.5, 0.6) is 0 Å². The van der Waals surface area contributed by atoms with Crippen molar-refractivity contribution in [3.8, 4) is 0 Å². The van der Waals surface area contributed by atoms with Crippen LogP contribution in [0.2, 0.25) is 0 Å². The quantitative estimate of drug-likeness (QED) is 0.767. The van der Waals surface area contributed by atoms with E-state index in [1.165, 1.54) is 24.3 Å². The molecule has 1 aliphatic heterocycles. The molecule has 2 aromatic carbocycles. The fourth-order valence-corrected chi connectivity index (χ4v) is 3.00. The summed E-state index contributed by atoms with van der Waals surface area (Å²) in [7, 11) is 0. The smallest absolute Gasteiger partial charge is 0.339 e. The Hall–Kier alpha value is -2.67. The summed E-state index contributed by atoms with van der Waals surface area (Å²) in [5.74, 6) is -2.08. The van der Waals surface area contributed by atoms with E-state index in [4.69, 9.17) is 9.84 Å². The molecule has 0 saturated carbocycles. The third-order valence-corrected chi connectivity index (χ3v) is 4.50. The number of carbonyl (C=O) groups excluding carboxylic acids is 2. The second-order valence-corrected chi connectivity index (χ2v) is 6.85. The summed E-state index contributed by atoms with van der Waals surface area (Å²) in [6.45, 7) is 1.55. The number of aromatic carboxylic acids is 1. The van der Waals surface area contributed by atoms with Gasteiger partial charge in [-0.25, -0.2) is 9.59 Å². The lowest BCUT2D eigenvalue weighted by atomic mass is 9.89. The standard InChI is InChI=1S/C18H14BrNO5/c1-18(9-11-2-5-12(19)8-14(11)16(23)25-18)17(24)20-13-6-3-10(4-7-13)15(21)22/h2-8H,9H2,1H3,(H,20,24)(H,21,22)/t18-/m1/s1. The number of amides is 1. The minimum absolute atomic E-state index is 0.118. The molecule has 25 heavy (non-hydrogen) atoms. The number of hydrogen-bond acceptors (Lipinski definition) is 4. The highest BCUT2D eigenvalue weighted by Crippen LogP contribution is 2.31. The topological polar surface area (TPSA) is 92.7 Å². The zero-order chi connectivity index (χ0) is 18.2. The highest BCUT2D eigenvalue weighted by Gasteiger charge is 2.42. The Labute approximate surface area is 151 Å². The maximum Gasteiger partial charge on any atom is 0.339 e. The number of carboxylic acid groups (broad SMARTS) is 1. The number of benzene rings is 2. The molecule has 2 N–H and O–H groups in total. The maximum absolute atomic E-state index is 12.6. The van der Waals surface area contributed by atoms with Crippen molar-refractivity contribution in [1.29, 1.82) is 0 Å². The minimum Gasteiger partial charge on any atom is -0.478 e. The van der Waals surface area contributed by atoms with Crippen LogP contribution in [-0.2, 0) is 16.0 Å². The number of esters is 1. The van der Waals surface area contributed by atoms with Crippen molar-refractivity contribution >= 4 is 39.5 Å². The zero-order valence-electron chi connectivity index (χ0n) is 13.2. The normalized spacial score (nSPS) is 18.9. The molecule has 2 aromatic rings. The van der Waals surface area contributed by atoms with Crippen LogP contribution < -0.4 is 5.32 Å². The molecule has 0 aromatic heterocycles. The summed E-state index contributed by atoms with van der Waals surface area (Å²) in [4.78, 5) is 35.7. The van der Waals surface area contributed by atoms with Crippen molar-refractivity contribution in [2.24, 2.45) is 0 Å². The second-order valence-electron chi connectivity index (χ2n) is 5.94. The number of carboxylic acids is 1. The first-order valence-corrected chi connectivity index (χ1v) is 8.24. The molecule has 0 radical (unpaired) electrons. The van der Waals surface area contributed by atoms with Crippen LogP contribution in [0.1, 0.15) is 33.2 Å². The SMILES string of the molecule is C[C@]1(C(=O)Nc2ccc(C(=O)O)cc2)Cc2ccc(Br)cc2C(=O)O1. The Morgan fingerprint density at radius 1 is 1.20 bits per heavy atom. The number of halogens is 1. The van der Waals surface area contributed by atoms with Crippen molar-refractivity contribution in [3.63, 3.8) is 0 Å². The maximum atomic E-state index is 12.6. The molecule has 0 unspecified atom stereocenters. The van der Waals surface area contributed by atoms with Crippen LogP contribution in [0.15, 0.2) is 46.9 Å². The van der Waals surface area contributed by atoms with Gasteiger partial charge in [0.2, 0.25) is 0 Å². The molecule has 1 atom stereocenters. The number of nitrogens with one attached hydrogen (secondary N) is 1. The van der Waals surface area contributed by atoms with E-state index in [0.717, 1.165) is 10.0 Å². The summed E-state index contributed by atoms with van der Waals surface area (Å²) in [5.41, 5.74) is 0.370. The van der Waals surface area contributed by atoms with Crippen LogP contribution in [0.3, 0.4) is 0 Å². The van der Waals surface area contributed by atoms with Crippen molar-refractivity contribution in [1.82, 2.24) is 0 Å². The van der Waals surface area contributed by atoms with Gasteiger partial charge in [-0.2, -0.15) is 0 Å². The number of hydrogen-bond donors (Lipinski definition) is 2. The van der Waals surface area contributed by atoms with E-state index >= 15 is 0 Å². The predicted octanol–water partition coefficient (Wildman–Crippen LogP) is 3.26. The van der Waals surface area contributed by atoms with Crippen molar-refractivity contribution in [2.45, 2.75) is 18.9 Å². The summed E-state index contributed by atoms with van der Waals surface area (Å²) < 4.78 is 6.14. The van der Waals surface area contributed by atoms with Crippen LogP contribution in [0, 0.1) is 0 Å². The van der Waals surface area contributed by atoms with Gasteiger partial charge in [0.1, 0.15) is 0 Å². The van der Waals surface area contributed by atoms with Gasteiger partial charge in [-0.3, -0.25) is 4.79 Å². The number of carbonyl (C=O) groups is 3. The average Bonchev–Trinajstić information content (AvgIpc) is 2.56. The summed E-state index contributed by atoms with van der Waals surface area (Å²) in [6.07, 6.45) is 0.250. The van der Waals surface area contributed by atoms with Crippen LogP contribution in [0.4, 0.5) is 5.69 Å². The molecule has 3 rings (SSSR count). The molecule has 6 nitrogen and oxygen atoms in total. The highest BCUT2D eigenvalue weighted by molar-refractivity contribution is 9.10. The van der Waals surface area contributed by atoms with Gasteiger partial charge in [-0.15, -0.1) is 0 Å². The third-order valence-electron chi connectivity index (χ3n) is 4.01. The predicted molar refractivity (Wildman–Crippen MR) is 93.7 cm³/mol.